The van der Waals surface area contributed by atoms with E-state index < -0.39 is 5.60 Å². The molecule has 2 rings (SSSR count). The zero-order valence-corrected chi connectivity index (χ0v) is 15.9. The molecule has 1 aliphatic rings. The summed E-state index contributed by atoms with van der Waals surface area (Å²) in [5, 5.41) is 2.85. The molecule has 1 N–H and O–H groups in total. The van der Waals surface area contributed by atoms with Crippen molar-refractivity contribution in [3.8, 4) is 5.75 Å². The van der Waals surface area contributed by atoms with Crippen LogP contribution in [-0.2, 0) is 22.6 Å². The van der Waals surface area contributed by atoms with Crippen LogP contribution in [-0.4, -0.2) is 35.5 Å². The van der Waals surface area contributed by atoms with Gasteiger partial charge in [0.25, 0.3) is 0 Å². The summed E-state index contributed by atoms with van der Waals surface area (Å²) in [7, 11) is 1.55. The van der Waals surface area contributed by atoms with Crippen molar-refractivity contribution in [1.82, 2.24) is 4.90 Å². The van der Waals surface area contributed by atoms with Gasteiger partial charge in [-0.05, 0) is 50.5 Å². The largest absolute Gasteiger partial charge is 0.495 e. The van der Waals surface area contributed by atoms with Gasteiger partial charge in [0.15, 0.2) is 0 Å². The molecular formula is C18H25ClN2O4. The second kappa shape index (κ2) is 7.95. The summed E-state index contributed by atoms with van der Waals surface area (Å²) in [6.07, 6.45) is 0.622. The van der Waals surface area contributed by atoms with Gasteiger partial charge in [-0.25, -0.2) is 4.79 Å². The quantitative estimate of drug-likeness (QED) is 0.800. The highest BCUT2D eigenvalue weighted by Gasteiger charge is 2.29. The maximum atomic E-state index is 12.3. The van der Waals surface area contributed by atoms with Crippen molar-refractivity contribution >= 4 is 29.3 Å². The van der Waals surface area contributed by atoms with Crippen LogP contribution in [0.15, 0.2) is 12.1 Å². The maximum Gasteiger partial charge on any atom is 0.410 e. The molecule has 6 nitrogen and oxygen atoms in total. The number of anilines is 1. The second-order valence-electron chi connectivity index (χ2n) is 7.00. The van der Waals surface area contributed by atoms with Gasteiger partial charge >= 0.3 is 6.09 Å². The number of carbonyl (C=O) groups is 2. The topological polar surface area (TPSA) is 67.9 Å². The fourth-order valence-corrected chi connectivity index (χ4v) is 2.72. The van der Waals surface area contributed by atoms with Crippen molar-refractivity contribution in [3.05, 3.63) is 23.3 Å². The van der Waals surface area contributed by atoms with E-state index in [2.05, 4.69) is 5.32 Å². The van der Waals surface area contributed by atoms with Crippen molar-refractivity contribution < 1.29 is 19.1 Å². The minimum absolute atomic E-state index is 0.110. The van der Waals surface area contributed by atoms with Gasteiger partial charge in [-0.1, -0.05) is 0 Å². The molecule has 1 aromatic rings. The molecule has 0 saturated heterocycles. The number of methoxy groups -OCH3 is 1. The van der Waals surface area contributed by atoms with Crippen molar-refractivity contribution in [2.45, 2.75) is 52.3 Å². The van der Waals surface area contributed by atoms with Gasteiger partial charge in [-0.2, -0.15) is 0 Å². The highest BCUT2D eigenvalue weighted by Crippen LogP contribution is 2.34. The average Bonchev–Trinajstić information content (AvgIpc) is 2.93. The number of carbonyl (C=O) groups excluding carboxylic acids is 2. The number of hydrogen-bond acceptors (Lipinski definition) is 4. The zero-order valence-electron chi connectivity index (χ0n) is 15.1. The Hall–Kier alpha value is -1.95. The van der Waals surface area contributed by atoms with Gasteiger partial charge in [-0.3, -0.25) is 9.69 Å². The van der Waals surface area contributed by atoms with E-state index in [1.54, 1.807) is 12.0 Å². The van der Waals surface area contributed by atoms with Crippen LogP contribution in [0.3, 0.4) is 0 Å². The number of alkyl halides is 1. The van der Waals surface area contributed by atoms with Crippen LogP contribution in [0.1, 0.15) is 44.7 Å². The number of benzene rings is 1. The lowest BCUT2D eigenvalue weighted by atomic mass is 10.1. The summed E-state index contributed by atoms with van der Waals surface area (Å²) in [5.74, 6) is 0.907. The van der Waals surface area contributed by atoms with Crippen LogP contribution >= 0.6 is 11.6 Å². The van der Waals surface area contributed by atoms with E-state index in [9.17, 15) is 9.59 Å². The van der Waals surface area contributed by atoms with Crippen molar-refractivity contribution in [2.75, 3.05) is 18.3 Å². The monoisotopic (exact) mass is 368 g/mol. The summed E-state index contributed by atoms with van der Waals surface area (Å²) >= 11 is 5.62. The van der Waals surface area contributed by atoms with Crippen LogP contribution in [0.5, 0.6) is 5.75 Å². The van der Waals surface area contributed by atoms with Gasteiger partial charge in [-0.15, -0.1) is 11.6 Å². The maximum absolute atomic E-state index is 12.3. The van der Waals surface area contributed by atoms with E-state index in [0.29, 0.717) is 43.2 Å². The number of rotatable bonds is 5. The van der Waals surface area contributed by atoms with Gasteiger partial charge in [0.2, 0.25) is 5.91 Å². The van der Waals surface area contributed by atoms with Crippen LogP contribution in [0.2, 0.25) is 0 Å². The first-order chi connectivity index (χ1) is 11.7. The molecule has 0 aromatic heterocycles. The Morgan fingerprint density at radius 3 is 2.44 bits per heavy atom. The summed E-state index contributed by atoms with van der Waals surface area (Å²) in [6.45, 7) is 6.42. The standard InChI is InChI=1S/C18H25ClN2O4/c1-18(2,3)25-17(23)21-10-12-8-14(20-16(22)6-5-7-19)15(24-4)9-13(12)11-21/h8-9H,5-7,10-11H2,1-4H3,(H,20,22). The molecule has 2 amide bonds. The summed E-state index contributed by atoms with van der Waals surface area (Å²) in [5.41, 5.74) is 2.03. The number of hydrogen-bond donors (Lipinski definition) is 1. The first-order valence-corrected chi connectivity index (χ1v) is 8.80. The number of nitrogens with one attached hydrogen (secondary N) is 1. The van der Waals surface area contributed by atoms with E-state index in [1.807, 2.05) is 32.9 Å². The molecule has 0 atom stereocenters. The molecule has 25 heavy (non-hydrogen) atoms. The Labute approximate surface area is 153 Å². The molecule has 7 heteroatoms. The minimum Gasteiger partial charge on any atom is -0.495 e. The Morgan fingerprint density at radius 2 is 1.88 bits per heavy atom. The van der Waals surface area contributed by atoms with Crippen LogP contribution in [0.25, 0.3) is 0 Å². The number of fused-ring (bicyclic) bond motifs is 1. The Balaban J connectivity index is 2.13. The van der Waals surface area contributed by atoms with Crippen molar-refractivity contribution in [1.29, 1.82) is 0 Å². The smallest absolute Gasteiger partial charge is 0.410 e. The molecule has 1 aliphatic heterocycles. The second-order valence-corrected chi connectivity index (χ2v) is 7.38. The van der Waals surface area contributed by atoms with Crippen molar-refractivity contribution in [2.24, 2.45) is 0 Å². The fourth-order valence-electron chi connectivity index (χ4n) is 2.59. The van der Waals surface area contributed by atoms with Crippen LogP contribution < -0.4 is 10.1 Å². The van der Waals surface area contributed by atoms with Gasteiger partial charge in [0, 0.05) is 25.4 Å². The summed E-state index contributed by atoms with van der Waals surface area (Å²) < 4.78 is 10.8. The fraction of sp³-hybridized carbons (Fsp3) is 0.556. The predicted molar refractivity (Wildman–Crippen MR) is 97.1 cm³/mol. The molecule has 0 saturated carbocycles. The Bertz CT molecular complexity index is 655. The highest BCUT2D eigenvalue weighted by atomic mass is 35.5. The van der Waals surface area contributed by atoms with E-state index in [1.165, 1.54) is 0 Å². The molecular weight excluding hydrogens is 344 g/mol. The molecule has 138 valence electrons. The molecule has 1 aromatic carbocycles. The van der Waals surface area contributed by atoms with Crippen LogP contribution in [0.4, 0.5) is 10.5 Å². The van der Waals surface area contributed by atoms with Crippen molar-refractivity contribution in [3.63, 3.8) is 0 Å². The van der Waals surface area contributed by atoms with E-state index in [-0.39, 0.29) is 12.0 Å². The lowest BCUT2D eigenvalue weighted by Gasteiger charge is -2.24. The molecule has 1 heterocycles. The highest BCUT2D eigenvalue weighted by molar-refractivity contribution is 6.18. The van der Waals surface area contributed by atoms with E-state index in [4.69, 9.17) is 21.1 Å². The third-order valence-electron chi connectivity index (χ3n) is 3.71. The lowest BCUT2D eigenvalue weighted by molar-refractivity contribution is -0.116. The van der Waals surface area contributed by atoms with Crippen LogP contribution in [0, 0.1) is 0 Å². The number of ether oxygens (including phenoxy) is 2. The third-order valence-corrected chi connectivity index (χ3v) is 3.97. The van der Waals surface area contributed by atoms with Gasteiger partial charge < -0.3 is 14.8 Å². The molecule has 0 radical (unpaired) electrons. The van der Waals surface area contributed by atoms with E-state index >= 15 is 0 Å². The molecule has 0 fully saturated rings. The Kier molecular flexibility index (Phi) is 6.16. The number of nitrogens with zero attached hydrogens (tertiary/aromatic N) is 1. The first kappa shape index (κ1) is 19.4. The Morgan fingerprint density at radius 1 is 1.24 bits per heavy atom. The SMILES string of the molecule is COc1cc2c(cc1NC(=O)CCCCl)CN(C(=O)OC(C)(C)C)C2. The number of halogens is 1. The zero-order chi connectivity index (χ0) is 18.6. The first-order valence-electron chi connectivity index (χ1n) is 8.27. The minimum atomic E-state index is -0.537. The summed E-state index contributed by atoms with van der Waals surface area (Å²) in [4.78, 5) is 25.8. The predicted octanol–water partition coefficient (Wildman–Crippen LogP) is 3.90. The van der Waals surface area contributed by atoms with Gasteiger partial charge in [0.1, 0.15) is 11.4 Å². The van der Waals surface area contributed by atoms with E-state index in [0.717, 1.165) is 11.1 Å². The van der Waals surface area contributed by atoms with Gasteiger partial charge in [0.05, 0.1) is 12.8 Å². The molecule has 0 spiro atoms. The molecule has 0 aliphatic carbocycles. The third kappa shape index (κ3) is 5.26. The molecule has 0 unspecified atom stereocenters. The number of amides is 2. The lowest BCUT2D eigenvalue weighted by Crippen LogP contribution is -2.33. The summed E-state index contributed by atoms with van der Waals surface area (Å²) in [6, 6.07) is 3.72. The normalized spacial score (nSPS) is 13.4. The average molecular weight is 369 g/mol. The molecule has 0 bridgehead atoms.